The zero-order valence-electron chi connectivity index (χ0n) is 13.1. The fraction of sp³-hybridized carbons (Fsp3) is 0.368. The molecule has 106 valence electrons. The highest BCUT2D eigenvalue weighted by Crippen LogP contribution is 2.31. The summed E-state index contributed by atoms with van der Waals surface area (Å²) in [5, 5.41) is 10.1. The second kappa shape index (κ2) is 5.32. The van der Waals surface area contributed by atoms with Gasteiger partial charge in [-0.1, -0.05) is 56.7 Å². The predicted molar refractivity (Wildman–Crippen MR) is 85.5 cm³/mol. The van der Waals surface area contributed by atoms with E-state index < -0.39 is 0 Å². The minimum atomic E-state index is 0.112. The van der Waals surface area contributed by atoms with Crippen LogP contribution in [-0.4, -0.2) is 5.11 Å². The zero-order valence-corrected chi connectivity index (χ0v) is 13.1. The Morgan fingerprint density at radius 2 is 1.70 bits per heavy atom. The molecule has 0 saturated heterocycles. The van der Waals surface area contributed by atoms with Crippen LogP contribution in [0.3, 0.4) is 0 Å². The molecule has 0 aliphatic carbocycles. The summed E-state index contributed by atoms with van der Waals surface area (Å²) >= 11 is 0. The molecule has 20 heavy (non-hydrogen) atoms. The van der Waals surface area contributed by atoms with E-state index in [-0.39, 0.29) is 5.41 Å². The van der Waals surface area contributed by atoms with Crippen LogP contribution in [0.2, 0.25) is 0 Å². The van der Waals surface area contributed by atoms with Crippen molar-refractivity contribution in [2.75, 3.05) is 0 Å². The average molecular weight is 268 g/mol. The van der Waals surface area contributed by atoms with Crippen molar-refractivity contribution < 1.29 is 5.11 Å². The van der Waals surface area contributed by atoms with Gasteiger partial charge >= 0.3 is 0 Å². The Bertz CT molecular complexity index is 618. The number of phenols is 1. The highest BCUT2D eigenvalue weighted by molar-refractivity contribution is 5.45. The maximum absolute atomic E-state index is 10.1. The molecule has 0 spiro atoms. The monoisotopic (exact) mass is 268 g/mol. The van der Waals surface area contributed by atoms with Crippen LogP contribution in [0, 0.1) is 13.8 Å². The number of rotatable bonds is 2. The van der Waals surface area contributed by atoms with Gasteiger partial charge in [0.05, 0.1) is 0 Å². The molecule has 0 bridgehead atoms. The molecule has 0 fully saturated rings. The Morgan fingerprint density at radius 3 is 2.35 bits per heavy atom. The Balaban J connectivity index is 2.51. The van der Waals surface area contributed by atoms with Gasteiger partial charge < -0.3 is 5.11 Å². The Morgan fingerprint density at radius 1 is 1.00 bits per heavy atom. The van der Waals surface area contributed by atoms with Gasteiger partial charge in [0.25, 0.3) is 0 Å². The molecule has 0 heterocycles. The van der Waals surface area contributed by atoms with Gasteiger partial charge in [-0.3, -0.25) is 0 Å². The molecule has 1 heteroatoms. The quantitative estimate of drug-likeness (QED) is 0.821. The molecule has 1 nitrogen and oxygen atoms in total. The largest absolute Gasteiger partial charge is 0.508 e. The highest BCUT2D eigenvalue weighted by atomic mass is 16.3. The lowest BCUT2D eigenvalue weighted by molar-refractivity contribution is 0.469. The normalized spacial score (nSPS) is 11.7. The summed E-state index contributed by atoms with van der Waals surface area (Å²) in [6.45, 7) is 10.9. The second-order valence-electron chi connectivity index (χ2n) is 6.66. The standard InChI is InChI=1S/C19H24O/c1-13-9-10-18(20)15(11-13)12-16-14(2)7-6-8-17(16)19(3,4)5/h6-11,20H,12H2,1-5H3. The van der Waals surface area contributed by atoms with E-state index in [2.05, 4.69) is 58.9 Å². The van der Waals surface area contributed by atoms with Crippen LogP contribution in [0.1, 0.15) is 48.6 Å². The average Bonchev–Trinajstić information content (AvgIpc) is 2.35. The lowest BCUT2D eigenvalue weighted by Crippen LogP contribution is -2.15. The van der Waals surface area contributed by atoms with Crippen molar-refractivity contribution in [3.05, 3.63) is 64.2 Å². The van der Waals surface area contributed by atoms with Crippen molar-refractivity contribution in [3.8, 4) is 5.75 Å². The number of hydrogen-bond donors (Lipinski definition) is 1. The molecule has 0 aliphatic rings. The topological polar surface area (TPSA) is 20.2 Å². The van der Waals surface area contributed by atoms with Crippen LogP contribution in [0.4, 0.5) is 0 Å². The van der Waals surface area contributed by atoms with Crippen LogP contribution in [-0.2, 0) is 11.8 Å². The molecule has 0 aromatic heterocycles. The molecular formula is C19H24O. The molecule has 1 N–H and O–H groups in total. The van der Waals surface area contributed by atoms with Crippen molar-refractivity contribution in [1.29, 1.82) is 0 Å². The van der Waals surface area contributed by atoms with Gasteiger partial charge in [0.1, 0.15) is 5.75 Å². The van der Waals surface area contributed by atoms with Crippen molar-refractivity contribution in [2.45, 2.75) is 46.5 Å². The Labute approximate surface area is 122 Å². The first kappa shape index (κ1) is 14.6. The SMILES string of the molecule is Cc1ccc(O)c(Cc2c(C)cccc2C(C)(C)C)c1. The van der Waals surface area contributed by atoms with Crippen molar-refractivity contribution >= 4 is 0 Å². The van der Waals surface area contributed by atoms with Crippen molar-refractivity contribution in [1.82, 2.24) is 0 Å². The first-order valence-electron chi connectivity index (χ1n) is 7.16. The van der Waals surface area contributed by atoms with Crippen LogP contribution >= 0.6 is 0 Å². The molecule has 0 radical (unpaired) electrons. The lowest BCUT2D eigenvalue weighted by Gasteiger charge is -2.24. The van der Waals surface area contributed by atoms with Gasteiger partial charge in [-0.2, -0.15) is 0 Å². The number of benzene rings is 2. The van der Waals surface area contributed by atoms with Crippen LogP contribution in [0.15, 0.2) is 36.4 Å². The summed E-state index contributed by atoms with van der Waals surface area (Å²) in [5.74, 6) is 0.388. The molecule has 0 aliphatic heterocycles. The van der Waals surface area contributed by atoms with Gasteiger partial charge in [-0.05, 0) is 47.6 Å². The first-order chi connectivity index (χ1) is 9.29. The van der Waals surface area contributed by atoms with Gasteiger partial charge in [-0.25, -0.2) is 0 Å². The number of phenolic OH excluding ortho intramolecular Hbond substituents is 1. The van der Waals surface area contributed by atoms with Gasteiger partial charge in [0.15, 0.2) is 0 Å². The van der Waals surface area contributed by atoms with E-state index in [1.165, 1.54) is 22.3 Å². The van der Waals surface area contributed by atoms with E-state index in [1.54, 1.807) is 6.07 Å². The van der Waals surface area contributed by atoms with Crippen LogP contribution in [0.25, 0.3) is 0 Å². The van der Waals surface area contributed by atoms with Crippen LogP contribution in [0.5, 0.6) is 5.75 Å². The minimum Gasteiger partial charge on any atom is -0.508 e. The van der Waals surface area contributed by atoms with E-state index in [1.807, 2.05) is 6.07 Å². The summed E-state index contributed by atoms with van der Waals surface area (Å²) in [5.41, 5.74) is 6.28. The van der Waals surface area contributed by atoms with E-state index >= 15 is 0 Å². The summed E-state index contributed by atoms with van der Waals surface area (Å²) in [6.07, 6.45) is 0.785. The third-order valence-corrected chi connectivity index (χ3v) is 3.82. The molecule has 2 aromatic carbocycles. The summed E-state index contributed by atoms with van der Waals surface area (Å²) < 4.78 is 0. The molecule has 0 unspecified atom stereocenters. The second-order valence-corrected chi connectivity index (χ2v) is 6.66. The Kier molecular flexibility index (Phi) is 3.89. The molecule has 2 aromatic rings. The highest BCUT2D eigenvalue weighted by Gasteiger charge is 2.19. The maximum Gasteiger partial charge on any atom is 0.119 e. The van der Waals surface area contributed by atoms with Gasteiger partial charge in [0.2, 0.25) is 0 Å². The number of aryl methyl sites for hydroxylation is 2. The molecular weight excluding hydrogens is 244 g/mol. The lowest BCUT2D eigenvalue weighted by atomic mass is 9.80. The molecule has 0 saturated carbocycles. The van der Waals surface area contributed by atoms with Crippen molar-refractivity contribution in [2.24, 2.45) is 0 Å². The Hall–Kier alpha value is -1.76. The predicted octanol–water partition coefficient (Wildman–Crippen LogP) is 4.90. The molecule has 2 rings (SSSR count). The first-order valence-corrected chi connectivity index (χ1v) is 7.16. The van der Waals surface area contributed by atoms with Gasteiger partial charge in [-0.15, -0.1) is 0 Å². The summed E-state index contributed by atoms with van der Waals surface area (Å²) in [7, 11) is 0. The smallest absolute Gasteiger partial charge is 0.119 e. The molecule has 0 atom stereocenters. The van der Waals surface area contributed by atoms with Crippen molar-refractivity contribution in [3.63, 3.8) is 0 Å². The fourth-order valence-electron chi connectivity index (χ4n) is 2.69. The summed E-state index contributed by atoms with van der Waals surface area (Å²) in [6, 6.07) is 12.3. The molecule has 0 amide bonds. The van der Waals surface area contributed by atoms with E-state index in [4.69, 9.17) is 0 Å². The number of aromatic hydroxyl groups is 1. The summed E-state index contributed by atoms with van der Waals surface area (Å²) in [4.78, 5) is 0. The third kappa shape index (κ3) is 3.04. The fourth-order valence-corrected chi connectivity index (χ4v) is 2.69. The van der Waals surface area contributed by atoms with Crippen LogP contribution < -0.4 is 0 Å². The maximum atomic E-state index is 10.1. The zero-order chi connectivity index (χ0) is 14.9. The number of hydrogen-bond acceptors (Lipinski definition) is 1. The van der Waals surface area contributed by atoms with E-state index in [0.717, 1.165) is 12.0 Å². The van der Waals surface area contributed by atoms with Gasteiger partial charge in [0, 0.05) is 6.42 Å². The minimum absolute atomic E-state index is 0.112. The van der Waals surface area contributed by atoms with E-state index in [9.17, 15) is 5.11 Å². The third-order valence-electron chi connectivity index (χ3n) is 3.82. The van der Waals surface area contributed by atoms with E-state index in [0.29, 0.717) is 5.75 Å².